The van der Waals surface area contributed by atoms with Gasteiger partial charge in [0.25, 0.3) is 5.56 Å². The molecule has 0 aliphatic heterocycles. The molecule has 0 saturated heterocycles. The Hall–Kier alpha value is -2.31. The topological polar surface area (TPSA) is 73.8 Å². The maximum Gasteiger partial charge on any atom is 0.267 e. The first-order valence-corrected chi connectivity index (χ1v) is 8.02. The van der Waals surface area contributed by atoms with Crippen LogP contribution in [0.15, 0.2) is 41.5 Å². The van der Waals surface area contributed by atoms with Crippen LogP contribution in [0.25, 0.3) is 16.6 Å². The van der Waals surface area contributed by atoms with Crippen LogP contribution >= 0.6 is 11.6 Å². The summed E-state index contributed by atoms with van der Waals surface area (Å²) in [5, 5.41) is 0.588. The maximum atomic E-state index is 13.6. The lowest BCUT2D eigenvalue weighted by atomic mass is 10.1. The second-order valence-electron chi connectivity index (χ2n) is 5.97. The molecule has 24 heavy (non-hydrogen) atoms. The Bertz CT molecular complexity index is 1000. The Morgan fingerprint density at radius 3 is 2.83 bits per heavy atom. The van der Waals surface area contributed by atoms with E-state index in [9.17, 15) is 9.18 Å². The highest BCUT2D eigenvalue weighted by Crippen LogP contribution is 2.39. The zero-order valence-corrected chi connectivity index (χ0v) is 13.4. The van der Waals surface area contributed by atoms with Crippen LogP contribution in [0.1, 0.15) is 24.7 Å². The lowest BCUT2D eigenvalue weighted by molar-refractivity contribution is 0.571. The molecule has 1 atom stereocenters. The number of aromatic nitrogens is 3. The molecule has 0 amide bonds. The lowest BCUT2D eigenvalue weighted by Gasteiger charge is -2.18. The Balaban J connectivity index is 2.08. The molecule has 0 spiro atoms. The van der Waals surface area contributed by atoms with Crippen molar-refractivity contribution in [2.75, 3.05) is 0 Å². The zero-order valence-electron chi connectivity index (χ0n) is 12.6. The molecule has 1 aliphatic carbocycles. The first-order chi connectivity index (χ1) is 11.6. The molecule has 0 radical (unpaired) electrons. The molecule has 5 nitrogen and oxygen atoms in total. The summed E-state index contributed by atoms with van der Waals surface area (Å²) in [5.74, 6) is 0.149. The first kappa shape index (κ1) is 15.2. The molecular weight excluding hydrogens is 331 g/mol. The monoisotopic (exact) mass is 344 g/mol. The summed E-state index contributed by atoms with van der Waals surface area (Å²) in [6.07, 6.45) is 4.48. The van der Waals surface area contributed by atoms with Crippen LogP contribution in [-0.4, -0.2) is 14.5 Å². The van der Waals surface area contributed by atoms with Gasteiger partial charge < -0.3 is 5.73 Å². The van der Waals surface area contributed by atoms with E-state index in [2.05, 4.69) is 9.97 Å². The molecule has 2 N–H and O–H groups in total. The van der Waals surface area contributed by atoms with Gasteiger partial charge in [-0.15, -0.1) is 0 Å². The summed E-state index contributed by atoms with van der Waals surface area (Å²) >= 11 is 6.19. The van der Waals surface area contributed by atoms with Crippen molar-refractivity contribution in [3.05, 3.63) is 63.7 Å². The number of hydrogen-bond acceptors (Lipinski definition) is 4. The average Bonchev–Trinajstić information content (AvgIpc) is 3.38. The van der Waals surface area contributed by atoms with Gasteiger partial charge in [0, 0.05) is 6.07 Å². The summed E-state index contributed by atoms with van der Waals surface area (Å²) in [6.45, 7) is 0. The fourth-order valence-corrected chi connectivity index (χ4v) is 3.12. The molecule has 3 aromatic rings. The SMILES string of the molecule is N[C@H](c1nc2cccc(Cl)c2c(=O)n1-c1cncc(F)c1)C1CC1. The zero-order chi connectivity index (χ0) is 16.8. The third kappa shape index (κ3) is 2.48. The number of rotatable bonds is 3. The van der Waals surface area contributed by atoms with Crippen molar-refractivity contribution in [1.29, 1.82) is 0 Å². The molecule has 122 valence electrons. The van der Waals surface area contributed by atoms with Crippen molar-refractivity contribution in [2.24, 2.45) is 11.7 Å². The number of hydrogen-bond donors (Lipinski definition) is 1. The summed E-state index contributed by atoms with van der Waals surface area (Å²) < 4.78 is 15.0. The standard InChI is InChI=1S/C17H14ClFN4O/c18-12-2-1-3-13-14(12)17(24)23(11-6-10(19)7-21-8-11)16(22-13)15(20)9-4-5-9/h1-3,6-9,15H,4-5,20H2/t15-/m0/s1. The van der Waals surface area contributed by atoms with Crippen LogP contribution in [-0.2, 0) is 0 Å². The number of benzene rings is 1. The van der Waals surface area contributed by atoms with E-state index >= 15 is 0 Å². The van der Waals surface area contributed by atoms with E-state index in [1.54, 1.807) is 18.2 Å². The summed E-state index contributed by atoms with van der Waals surface area (Å²) in [6, 6.07) is 5.92. The van der Waals surface area contributed by atoms with Crippen molar-refractivity contribution >= 4 is 22.5 Å². The lowest BCUT2D eigenvalue weighted by Crippen LogP contribution is -2.29. The minimum atomic E-state index is -0.537. The van der Waals surface area contributed by atoms with Crippen LogP contribution < -0.4 is 11.3 Å². The van der Waals surface area contributed by atoms with E-state index in [0.29, 0.717) is 22.1 Å². The Labute approximate surface area is 141 Å². The molecular formula is C17H14ClFN4O. The van der Waals surface area contributed by atoms with Crippen LogP contribution in [0, 0.1) is 11.7 Å². The highest BCUT2D eigenvalue weighted by Gasteiger charge is 2.33. The van der Waals surface area contributed by atoms with Gasteiger partial charge in [0.15, 0.2) is 0 Å². The molecule has 2 aromatic heterocycles. The van der Waals surface area contributed by atoms with E-state index in [1.165, 1.54) is 16.8 Å². The Morgan fingerprint density at radius 2 is 2.12 bits per heavy atom. The van der Waals surface area contributed by atoms with E-state index in [1.807, 2.05) is 0 Å². The summed E-state index contributed by atoms with van der Waals surface area (Å²) in [5.41, 5.74) is 6.71. The second-order valence-corrected chi connectivity index (χ2v) is 6.38. The van der Waals surface area contributed by atoms with Gasteiger partial charge in [0.2, 0.25) is 0 Å². The molecule has 1 aromatic carbocycles. The van der Waals surface area contributed by atoms with Gasteiger partial charge in [0.1, 0.15) is 11.6 Å². The van der Waals surface area contributed by atoms with E-state index in [0.717, 1.165) is 19.0 Å². The predicted octanol–water partition coefficient (Wildman–Crippen LogP) is 2.98. The van der Waals surface area contributed by atoms with E-state index in [-0.39, 0.29) is 16.9 Å². The summed E-state index contributed by atoms with van der Waals surface area (Å²) in [7, 11) is 0. The minimum Gasteiger partial charge on any atom is -0.321 e. The molecule has 2 heterocycles. The Morgan fingerprint density at radius 1 is 1.33 bits per heavy atom. The van der Waals surface area contributed by atoms with Crippen LogP contribution in [0.2, 0.25) is 5.02 Å². The third-order valence-electron chi connectivity index (χ3n) is 4.25. The number of nitrogens with zero attached hydrogens (tertiary/aromatic N) is 3. The van der Waals surface area contributed by atoms with Crippen molar-refractivity contribution in [3.8, 4) is 5.69 Å². The van der Waals surface area contributed by atoms with Crippen LogP contribution in [0.3, 0.4) is 0 Å². The smallest absolute Gasteiger partial charge is 0.267 e. The third-order valence-corrected chi connectivity index (χ3v) is 4.56. The fraction of sp³-hybridized carbons (Fsp3) is 0.235. The first-order valence-electron chi connectivity index (χ1n) is 7.64. The van der Waals surface area contributed by atoms with Crippen LogP contribution in [0.5, 0.6) is 0 Å². The largest absolute Gasteiger partial charge is 0.321 e. The predicted molar refractivity (Wildman–Crippen MR) is 89.8 cm³/mol. The Kier molecular flexibility index (Phi) is 3.58. The summed E-state index contributed by atoms with van der Waals surface area (Å²) in [4.78, 5) is 21.5. The van der Waals surface area contributed by atoms with E-state index < -0.39 is 11.9 Å². The molecule has 0 unspecified atom stereocenters. The van der Waals surface area contributed by atoms with Crippen LogP contribution in [0.4, 0.5) is 4.39 Å². The molecule has 1 aliphatic rings. The average molecular weight is 345 g/mol. The second kappa shape index (κ2) is 5.65. The molecule has 0 bridgehead atoms. The molecule has 7 heteroatoms. The quantitative estimate of drug-likeness (QED) is 0.792. The molecule has 1 fully saturated rings. The molecule has 1 saturated carbocycles. The highest BCUT2D eigenvalue weighted by molar-refractivity contribution is 6.35. The van der Waals surface area contributed by atoms with Gasteiger partial charge in [-0.05, 0) is 30.9 Å². The van der Waals surface area contributed by atoms with Crippen molar-refractivity contribution in [1.82, 2.24) is 14.5 Å². The minimum absolute atomic E-state index is 0.279. The van der Waals surface area contributed by atoms with Gasteiger partial charge in [-0.25, -0.2) is 9.37 Å². The number of halogens is 2. The van der Waals surface area contributed by atoms with E-state index in [4.69, 9.17) is 17.3 Å². The maximum absolute atomic E-state index is 13.6. The van der Waals surface area contributed by atoms with Gasteiger partial charge >= 0.3 is 0 Å². The number of pyridine rings is 1. The van der Waals surface area contributed by atoms with Crippen molar-refractivity contribution in [2.45, 2.75) is 18.9 Å². The molecule has 4 rings (SSSR count). The highest BCUT2D eigenvalue weighted by atomic mass is 35.5. The van der Waals surface area contributed by atoms with Gasteiger partial charge in [-0.2, -0.15) is 0 Å². The van der Waals surface area contributed by atoms with Gasteiger partial charge in [-0.1, -0.05) is 17.7 Å². The number of fused-ring (bicyclic) bond motifs is 1. The fourth-order valence-electron chi connectivity index (χ4n) is 2.87. The van der Waals surface area contributed by atoms with Crippen molar-refractivity contribution in [3.63, 3.8) is 0 Å². The van der Waals surface area contributed by atoms with Gasteiger partial charge in [-0.3, -0.25) is 14.3 Å². The van der Waals surface area contributed by atoms with Gasteiger partial charge in [0.05, 0.1) is 40.0 Å². The normalized spacial score (nSPS) is 15.6. The van der Waals surface area contributed by atoms with Crippen molar-refractivity contribution < 1.29 is 4.39 Å². The number of nitrogens with two attached hydrogens (primary N) is 1.